The fourth-order valence-corrected chi connectivity index (χ4v) is 3.75. The van der Waals surface area contributed by atoms with E-state index in [1.165, 1.54) is 12.8 Å². The van der Waals surface area contributed by atoms with E-state index in [9.17, 15) is 13.2 Å². The van der Waals surface area contributed by atoms with Crippen LogP contribution in [-0.4, -0.2) is 50.5 Å². The molecule has 1 heterocycles. The molecule has 0 amide bonds. The number of nitrogens with two attached hydrogens (primary N) is 1. The molecule has 1 saturated heterocycles. The molecule has 5 nitrogen and oxygen atoms in total. The fourth-order valence-electron chi connectivity index (χ4n) is 2.54. The number of hydrazine groups is 1. The standard InChI is InChI=1S/C12H28N2OSi.C2HF3O2/c1-12(2,3)11(15-16(4)5)10-6-8-14(13)9-7-10;3-2(4,5)1(6)7/h10-11,16H,6-9,13H2,1-5H3;(H,6,7). The molecule has 0 aromatic rings. The molecule has 0 spiro atoms. The first-order valence-electron chi connectivity index (χ1n) is 7.70. The van der Waals surface area contributed by atoms with Gasteiger partial charge in [0.2, 0.25) is 0 Å². The van der Waals surface area contributed by atoms with Crippen LogP contribution in [0.15, 0.2) is 0 Å². The highest BCUT2D eigenvalue weighted by atomic mass is 28.3. The van der Waals surface area contributed by atoms with Crippen molar-refractivity contribution < 1.29 is 27.5 Å². The van der Waals surface area contributed by atoms with E-state index in [4.69, 9.17) is 20.2 Å². The van der Waals surface area contributed by atoms with Gasteiger partial charge in [-0.2, -0.15) is 13.2 Å². The van der Waals surface area contributed by atoms with E-state index >= 15 is 0 Å². The Bertz CT molecular complexity index is 365. The molecule has 0 aromatic heterocycles. The van der Waals surface area contributed by atoms with Crippen molar-refractivity contribution in [2.75, 3.05) is 13.1 Å². The van der Waals surface area contributed by atoms with Crippen molar-refractivity contribution >= 4 is 15.0 Å². The molecule has 0 aromatic carbocycles. The lowest BCUT2D eigenvalue weighted by Gasteiger charge is -2.41. The predicted octanol–water partition coefficient (Wildman–Crippen LogP) is 2.62. The summed E-state index contributed by atoms with van der Waals surface area (Å²) in [6.45, 7) is 13.4. The monoisotopic (exact) mass is 358 g/mol. The number of piperidine rings is 1. The van der Waals surface area contributed by atoms with Crippen molar-refractivity contribution in [2.24, 2.45) is 17.2 Å². The number of nitrogens with zero attached hydrogens (tertiary/aromatic N) is 1. The predicted molar refractivity (Wildman–Crippen MR) is 85.4 cm³/mol. The van der Waals surface area contributed by atoms with Gasteiger partial charge in [-0.25, -0.2) is 9.80 Å². The maximum atomic E-state index is 10.6. The molecule has 9 heteroatoms. The average Bonchev–Trinajstić information content (AvgIpc) is 2.35. The topological polar surface area (TPSA) is 75.8 Å². The molecular weight excluding hydrogens is 329 g/mol. The number of aliphatic carboxylic acids is 1. The molecular formula is C14H29F3N2O3Si. The van der Waals surface area contributed by atoms with Gasteiger partial charge in [0, 0.05) is 13.1 Å². The number of hydrogen-bond acceptors (Lipinski definition) is 4. The highest BCUT2D eigenvalue weighted by Crippen LogP contribution is 2.34. The first-order chi connectivity index (χ1) is 10.2. The van der Waals surface area contributed by atoms with Crippen LogP contribution in [0.4, 0.5) is 13.2 Å². The molecule has 1 rings (SSSR count). The lowest BCUT2D eigenvalue weighted by Crippen LogP contribution is -2.46. The van der Waals surface area contributed by atoms with E-state index in [1.54, 1.807) is 0 Å². The zero-order valence-electron chi connectivity index (χ0n) is 14.5. The van der Waals surface area contributed by atoms with Gasteiger partial charge >= 0.3 is 12.1 Å². The van der Waals surface area contributed by atoms with Crippen LogP contribution in [0.5, 0.6) is 0 Å². The summed E-state index contributed by atoms with van der Waals surface area (Å²) in [6.07, 6.45) is -2.31. The Labute approximate surface area is 137 Å². The zero-order valence-corrected chi connectivity index (χ0v) is 15.6. The summed E-state index contributed by atoms with van der Waals surface area (Å²) in [5, 5.41) is 9.06. The summed E-state index contributed by atoms with van der Waals surface area (Å²) < 4.78 is 38.0. The minimum absolute atomic E-state index is 0.249. The van der Waals surface area contributed by atoms with Crippen LogP contribution in [0.2, 0.25) is 13.1 Å². The SMILES string of the molecule is C[SiH](C)OC(C1CCN(N)CC1)C(C)(C)C.O=C(O)C(F)(F)F. The summed E-state index contributed by atoms with van der Waals surface area (Å²) in [5.74, 6) is 3.74. The third-order valence-corrected chi connectivity index (χ3v) is 4.35. The van der Waals surface area contributed by atoms with Gasteiger partial charge in [0.15, 0.2) is 9.04 Å². The number of hydrogen-bond donors (Lipinski definition) is 2. The van der Waals surface area contributed by atoms with Crippen LogP contribution in [0, 0.1) is 11.3 Å². The van der Waals surface area contributed by atoms with Crippen molar-refractivity contribution in [3.05, 3.63) is 0 Å². The molecule has 138 valence electrons. The van der Waals surface area contributed by atoms with Gasteiger partial charge in [-0.1, -0.05) is 20.8 Å². The van der Waals surface area contributed by atoms with Crippen molar-refractivity contribution in [3.63, 3.8) is 0 Å². The van der Waals surface area contributed by atoms with Crippen LogP contribution in [0.1, 0.15) is 33.6 Å². The number of rotatable bonds is 3. The zero-order chi connectivity index (χ0) is 18.4. The van der Waals surface area contributed by atoms with Gasteiger partial charge in [-0.3, -0.25) is 5.84 Å². The normalized spacial score (nSPS) is 19.2. The molecule has 1 aliphatic heterocycles. The highest BCUT2D eigenvalue weighted by Gasteiger charge is 2.38. The van der Waals surface area contributed by atoms with Crippen molar-refractivity contribution in [3.8, 4) is 0 Å². The van der Waals surface area contributed by atoms with Crippen molar-refractivity contribution in [2.45, 2.75) is 59.0 Å². The molecule has 1 unspecified atom stereocenters. The van der Waals surface area contributed by atoms with Crippen LogP contribution in [0.25, 0.3) is 0 Å². The summed E-state index contributed by atoms with van der Waals surface area (Å²) >= 11 is 0. The molecule has 0 bridgehead atoms. The lowest BCUT2D eigenvalue weighted by molar-refractivity contribution is -0.192. The minimum atomic E-state index is -5.08. The van der Waals surface area contributed by atoms with Crippen LogP contribution in [0.3, 0.4) is 0 Å². The van der Waals surface area contributed by atoms with E-state index in [0.717, 1.165) is 13.1 Å². The Balaban J connectivity index is 0.000000585. The van der Waals surface area contributed by atoms with E-state index < -0.39 is 21.2 Å². The number of carboxylic acid groups (broad SMARTS) is 1. The van der Waals surface area contributed by atoms with Crippen LogP contribution >= 0.6 is 0 Å². The Morgan fingerprint density at radius 2 is 1.65 bits per heavy atom. The number of carboxylic acids is 1. The summed E-state index contributed by atoms with van der Waals surface area (Å²) in [6, 6.07) is 0. The second-order valence-corrected chi connectivity index (χ2v) is 9.52. The fraction of sp³-hybridized carbons (Fsp3) is 0.929. The van der Waals surface area contributed by atoms with Crippen LogP contribution < -0.4 is 5.84 Å². The minimum Gasteiger partial charge on any atom is -0.475 e. The molecule has 1 aliphatic rings. The maximum Gasteiger partial charge on any atom is 0.490 e. The lowest BCUT2D eigenvalue weighted by atomic mass is 9.77. The van der Waals surface area contributed by atoms with Gasteiger partial charge in [-0.15, -0.1) is 0 Å². The van der Waals surface area contributed by atoms with E-state index in [-0.39, 0.29) is 5.41 Å². The van der Waals surface area contributed by atoms with Gasteiger partial charge in [0.05, 0.1) is 6.10 Å². The molecule has 1 atom stereocenters. The van der Waals surface area contributed by atoms with E-state index in [0.29, 0.717) is 12.0 Å². The smallest absolute Gasteiger partial charge is 0.475 e. The highest BCUT2D eigenvalue weighted by molar-refractivity contribution is 6.48. The molecule has 0 radical (unpaired) electrons. The average molecular weight is 358 g/mol. The molecule has 3 N–H and O–H groups in total. The third kappa shape index (κ3) is 9.29. The largest absolute Gasteiger partial charge is 0.490 e. The number of carbonyl (C=O) groups is 1. The first-order valence-corrected chi connectivity index (χ1v) is 10.5. The maximum absolute atomic E-state index is 10.6. The second-order valence-electron chi connectivity index (χ2n) is 7.15. The molecule has 0 aliphatic carbocycles. The number of alkyl halides is 3. The second kappa shape index (κ2) is 9.00. The van der Waals surface area contributed by atoms with Crippen LogP contribution in [-0.2, 0) is 9.22 Å². The summed E-state index contributed by atoms with van der Waals surface area (Å²) in [7, 11) is -0.960. The van der Waals surface area contributed by atoms with E-state index in [1.807, 2.05) is 5.01 Å². The van der Waals surface area contributed by atoms with Crippen molar-refractivity contribution in [1.29, 1.82) is 0 Å². The third-order valence-electron chi connectivity index (χ3n) is 3.52. The Morgan fingerprint density at radius 1 is 1.26 bits per heavy atom. The Kier molecular flexibility index (Phi) is 8.75. The summed E-state index contributed by atoms with van der Waals surface area (Å²) in [5.41, 5.74) is 0.249. The Hall–Kier alpha value is -0.643. The first kappa shape index (κ1) is 22.4. The Morgan fingerprint density at radius 3 is 1.91 bits per heavy atom. The number of halogens is 3. The van der Waals surface area contributed by atoms with E-state index in [2.05, 4.69) is 33.9 Å². The van der Waals surface area contributed by atoms with Gasteiger partial charge in [0.1, 0.15) is 0 Å². The summed E-state index contributed by atoms with van der Waals surface area (Å²) in [4.78, 5) is 8.90. The van der Waals surface area contributed by atoms with Gasteiger partial charge in [-0.05, 0) is 37.3 Å². The van der Waals surface area contributed by atoms with Crippen molar-refractivity contribution in [1.82, 2.24) is 5.01 Å². The van der Waals surface area contributed by atoms with Gasteiger partial charge in [0.25, 0.3) is 0 Å². The van der Waals surface area contributed by atoms with Gasteiger partial charge < -0.3 is 9.53 Å². The quantitative estimate of drug-likeness (QED) is 0.599. The molecule has 1 fully saturated rings. The molecule has 23 heavy (non-hydrogen) atoms. The molecule has 0 saturated carbocycles.